The van der Waals surface area contributed by atoms with E-state index >= 15 is 0 Å². The summed E-state index contributed by atoms with van der Waals surface area (Å²) in [5.41, 5.74) is 1.68. The maximum absolute atomic E-state index is 11.3. The highest BCUT2D eigenvalue weighted by Gasteiger charge is 2.28. The van der Waals surface area contributed by atoms with Gasteiger partial charge in [0.05, 0.1) is 31.8 Å². The number of H-pyrrole nitrogens is 1. The maximum atomic E-state index is 11.3. The Balaban J connectivity index is 1.76. The van der Waals surface area contributed by atoms with E-state index < -0.39 is 5.97 Å². The fraction of sp³-hybridized carbons (Fsp3) is 0.278. The van der Waals surface area contributed by atoms with Crippen molar-refractivity contribution < 1.29 is 19.4 Å². The first-order valence-corrected chi connectivity index (χ1v) is 8.22. The van der Waals surface area contributed by atoms with E-state index in [2.05, 4.69) is 19.9 Å². The van der Waals surface area contributed by atoms with Crippen molar-refractivity contribution in [2.75, 3.05) is 31.8 Å². The van der Waals surface area contributed by atoms with Gasteiger partial charge in [0.1, 0.15) is 29.2 Å². The molecule has 8 nitrogen and oxygen atoms in total. The van der Waals surface area contributed by atoms with Crippen LogP contribution in [0.15, 0.2) is 36.7 Å². The topological polar surface area (TPSA) is 101 Å². The Morgan fingerprint density at radius 1 is 1.35 bits per heavy atom. The lowest BCUT2D eigenvalue weighted by atomic mass is 10.0. The molecule has 4 rings (SSSR count). The van der Waals surface area contributed by atoms with Crippen molar-refractivity contribution in [3.63, 3.8) is 0 Å². The summed E-state index contributed by atoms with van der Waals surface area (Å²) in [6, 6.07) is 9.38. The number of rotatable bonds is 4. The van der Waals surface area contributed by atoms with E-state index in [4.69, 9.17) is 9.47 Å². The van der Waals surface area contributed by atoms with Crippen LogP contribution in [0.3, 0.4) is 0 Å². The van der Waals surface area contributed by atoms with E-state index in [1.165, 1.54) is 6.33 Å². The molecule has 1 aliphatic rings. The molecule has 134 valence electrons. The summed E-state index contributed by atoms with van der Waals surface area (Å²) in [6.07, 6.45) is 1.44. The maximum Gasteiger partial charge on any atom is 0.352 e. The lowest BCUT2D eigenvalue weighted by molar-refractivity contribution is 0.0691. The first-order valence-electron chi connectivity index (χ1n) is 8.22. The van der Waals surface area contributed by atoms with E-state index in [-0.39, 0.29) is 11.7 Å². The lowest BCUT2D eigenvalue weighted by Crippen LogP contribution is -2.40. The summed E-state index contributed by atoms with van der Waals surface area (Å²) in [5, 5.41) is 9.93. The number of aromatic amines is 1. The van der Waals surface area contributed by atoms with Crippen molar-refractivity contribution in [1.29, 1.82) is 0 Å². The minimum atomic E-state index is -1.03. The van der Waals surface area contributed by atoms with E-state index in [0.29, 0.717) is 36.6 Å². The van der Waals surface area contributed by atoms with Gasteiger partial charge >= 0.3 is 5.97 Å². The Labute approximate surface area is 149 Å². The van der Waals surface area contributed by atoms with Crippen molar-refractivity contribution in [3.8, 4) is 5.75 Å². The predicted octanol–water partition coefficient (Wildman–Crippen LogP) is 2.24. The molecule has 1 saturated heterocycles. The summed E-state index contributed by atoms with van der Waals surface area (Å²) in [5.74, 6) is 0.462. The van der Waals surface area contributed by atoms with Gasteiger partial charge in [0.15, 0.2) is 0 Å². The van der Waals surface area contributed by atoms with E-state index in [1.807, 2.05) is 24.3 Å². The van der Waals surface area contributed by atoms with Crippen molar-refractivity contribution >= 4 is 22.8 Å². The fourth-order valence-electron chi connectivity index (χ4n) is 3.23. The molecule has 0 radical (unpaired) electrons. The quantitative estimate of drug-likeness (QED) is 0.741. The Kier molecular flexibility index (Phi) is 4.18. The van der Waals surface area contributed by atoms with Crippen LogP contribution in [0.5, 0.6) is 5.75 Å². The number of ether oxygens (including phenoxy) is 2. The third-order valence-corrected chi connectivity index (χ3v) is 4.54. The number of carbonyl (C=O) groups is 1. The number of fused-ring (bicyclic) bond motifs is 1. The predicted molar refractivity (Wildman–Crippen MR) is 94.7 cm³/mol. The number of morpholine rings is 1. The smallest absolute Gasteiger partial charge is 0.352 e. The van der Waals surface area contributed by atoms with Crippen LogP contribution in [0.2, 0.25) is 0 Å². The van der Waals surface area contributed by atoms with Crippen molar-refractivity contribution in [3.05, 3.63) is 47.9 Å². The first-order chi connectivity index (χ1) is 12.7. The van der Waals surface area contributed by atoms with Gasteiger partial charge < -0.3 is 24.5 Å². The van der Waals surface area contributed by atoms with E-state index in [1.54, 1.807) is 13.2 Å². The van der Waals surface area contributed by atoms with Gasteiger partial charge in [-0.15, -0.1) is 0 Å². The second-order valence-electron chi connectivity index (χ2n) is 6.00. The number of carboxylic acids is 1. The molecule has 0 saturated carbocycles. The number of nitrogens with one attached hydrogen (secondary N) is 1. The van der Waals surface area contributed by atoms with Crippen LogP contribution in [0.25, 0.3) is 11.0 Å². The minimum Gasteiger partial charge on any atom is -0.497 e. The molecule has 0 aliphatic carbocycles. The molecular formula is C18H18N4O4. The molecule has 26 heavy (non-hydrogen) atoms. The Morgan fingerprint density at radius 3 is 2.88 bits per heavy atom. The number of aromatic nitrogens is 3. The van der Waals surface area contributed by atoms with Gasteiger partial charge in [0.2, 0.25) is 0 Å². The molecule has 3 heterocycles. The SMILES string of the molecule is COc1ccc(C2COCCN2c2ncnc3[nH]c(C(=O)O)cc23)cc1. The number of benzene rings is 1. The van der Waals surface area contributed by atoms with E-state index in [9.17, 15) is 9.90 Å². The molecule has 1 fully saturated rings. The van der Waals surface area contributed by atoms with Gasteiger partial charge in [-0.05, 0) is 23.8 Å². The number of nitrogens with zero attached hydrogens (tertiary/aromatic N) is 3. The summed E-state index contributed by atoms with van der Waals surface area (Å²) >= 11 is 0. The normalized spacial score (nSPS) is 17.4. The lowest BCUT2D eigenvalue weighted by Gasteiger charge is -2.37. The zero-order valence-corrected chi connectivity index (χ0v) is 14.2. The van der Waals surface area contributed by atoms with Gasteiger partial charge in [-0.2, -0.15) is 0 Å². The van der Waals surface area contributed by atoms with Crippen LogP contribution in [-0.4, -0.2) is 52.9 Å². The number of aromatic carboxylic acids is 1. The molecule has 0 amide bonds. The number of anilines is 1. The van der Waals surface area contributed by atoms with Gasteiger partial charge in [0.25, 0.3) is 0 Å². The zero-order valence-electron chi connectivity index (χ0n) is 14.2. The summed E-state index contributed by atoms with van der Waals surface area (Å²) in [4.78, 5) is 24.8. The third kappa shape index (κ3) is 2.84. The molecule has 0 spiro atoms. The molecule has 1 atom stereocenters. The van der Waals surface area contributed by atoms with Crippen molar-refractivity contribution in [1.82, 2.24) is 15.0 Å². The Hall–Kier alpha value is -3.13. The average Bonchev–Trinajstić information content (AvgIpc) is 3.13. The highest BCUT2D eigenvalue weighted by atomic mass is 16.5. The van der Waals surface area contributed by atoms with E-state index in [0.717, 1.165) is 11.3 Å². The van der Waals surface area contributed by atoms with Gasteiger partial charge in [-0.3, -0.25) is 0 Å². The van der Waals surface area contributed by atoms with Crippen LogP contribution in [0.1, 0.15) is 22.1 Å². The molecule has 2 aromatic heterocycles. The number of hydrogen-bond acceptors (Lipinski definition) is 6. The van der Waals surface area contributed by atoms with Crippen LogP contribution >= 0.6 is 0 Å². The number of methoxy groups -OCH3 is 1. The van der Waals surface area contributed by atoms with Gasteiger partial charge in [-0.1, -0.05) is 12.1 Å². The minimum absolute atomic E-state index is 0.0315. The van der Waals surface area contributed by atoms with Crippen LogP contribution < -0.4 is 9.64 Å². The van der Waals surface area contributed by atoms with Crippen LogP contribution in [0, 0.1) is 0 Å². The molecule has 0 bridgehead atoms. The first kappa shape index (κ1) is 16.3. The number of carboxylic acid groups (broad SMARTS) is 1. The Bertz CT molecular complexity index is 938. The highest BCUT2D eigenvalue weighted by Crippen LogP contribution is 2.33. The van der Waals surface area contributed by atoms with Crippen LogP contribution in [-0.2, 0) is 4.74 Å². The molecule has 3 aromatic rings. The van der Waals surface area contributed by atoms with Gasteiger partial charge in [-0.25, -0.2) is 14.8 Å². The molecule has 1 aliphatic heterocycles. The van der Waals surface area contributed by atoms with Gasteiger partial charge in [0, 0.05) is 6.54 Å². The summed E-state index contributed by atoms with van der Waals surface area (Å²) < 4.78 is 10.9. The van der Waals surface area contributed by atoms with Crippen molar-refractivity contribution in [2.24, 2.45) is 0 Å². The molecule has 1 aromatic carbocycles. The molecule has 2 N–H and O–H groups in total. The standard InChI is InChI=1S/C18H18N4O4/c1-25-12-4-2-11(3-5-12)15-9-26-7-6-22(15)17-13-8-14(18(23)24)21-16(13)19-10-20-17/h2-5,8,10,15H,6-7,9H2,1H3,(H,23,24)(H,19,20,21). The third-order valence-electron chi connectivity index (χ3n) is 4.54. The second kappa shape index (κ2) is 6.64. The summed E-state index contributed by atoms with van der Waals surface area (Å²) in [7, 11) is 1.63. The van der Waals surface area contributed by atoms with Crippen LogP contribution in [0.4, 0.5) is 5.82 Å². The highest BCUT2D eigenvalue weighted by molar-refractivity contribution is 5.96. The largest absolute Gasteiger partial charge is 0.497 e. The monoisotopic (exact) mass is 354 g/mol. The molecule has 8 heteroatoms. The zero-order chi connectivity index (χ0) is 18.1. The number of hydrogen-bond donors (Lipinski definition) is 2. The average molecular weight is 354 g/mol. The Morgan fingerprint density at radius 2 is 2.15 bits per heavy atom. The second-order valence-corrected chi connectivity index (χ2v) is 6.00. The fourth-order valence-corrected chi connectivity index (χ4v) is 3.23. The van der Waals surface area contributed by atoms with Crippen molar-refractivity contribution in [2.45, 2.75) is 6.04 Å². The molecular weight excluding hydrogens is 336 g/mol. The summed E-state index contributed by atoms with van der Waals surface area (Å²) in [6.45, 7) is 1.75. The molecule has 1 unspecified atom stereocenters.